The van der Waals surface area contributed by atoms with Gasteiger partial charge in [-0.2, -0.15) is 0 Å². The van der Waals surface area contributed by atoms with Crippen molar-refractivity contribution in [3.63, 3.8) is 0 Å². The fraction of sp³-hybridized carbons (Fsp3) is 0.500. The summed E-state index contributed by atoms with van der Waals surface area (Å²) >= 11 is 1.86. The summed E-state index contributed by atoms with van der Waals surface area (Å²) in [4.78, 5) is 1.32. The van der Waals surface area contributed by atoms with Gasteiger partial charge < -0.3 is 9.47 Å². The van der Waals surface area contributed by atoms with Gasteiger partial charge in [-0.05, 0) is 19.1 Å². The van der Waals surface area contributed by atoms with E-state index in [4.69, 9.17) is 9.47 Å². The molecule has 0 saturated carbocycles. The number of rotatable bonds is 4. The van der Waals surface area contributed by atoms with Crippen molar-refractivity contribution in [2.24, 2.45) is 0 Å². The molecule has 2 rings (SSSR count). The third-order valence-electron chi connectivity index (χ3n) is 2.33. The van der Waals surface area contributed by atoms with E-state index in [1.54, 1.807) is 0 Å². The van der Waals surface area contributed by atoms with Crippen molar-refractivity contribution in [2.75, 3.05) is 19.0 Å². The third kappa shape index (κ3) is 3.52. The van der Waals surface area contributed by atoms with E-state index in [0.29, 0.717) is 0 Å². The molecule has 3 heteroatoms. The van der Waals surface area contributed by atoms with Gasteiger partial charge in [-0.25, -0.2) is 0 Å². The van der Waals surface area contributed by atoms with E-state index in [2.05, 4.69) is 31.2 Å². The number of aryl methyl sites for hydroxylation is 1. The molecule has 1 aliphatic heterocycles. The second-order valence-electron chi connectivity index (χ2n) is 3.62. The molecule has 1 aromatic rings. The molecule has 1 saturated heterocycles. The van der Waals surface area contributed by atoms with Gasteiger partial charge in [-0.3, -0.25) is 0 Å². The zero-order valence-electron chi connectivity index (χ0n) is 8.94. The highest BCUT2D eigenvalue weighted by molar-refractivity contribution is 7.99. The molecule has 0 aromatic heterocycles. The molecule has 0 N–H and O–H groups in total. The molecule has 1 heterocycles. The van der Waals surface area contributed by atoms with Gasteiger partial charge in [-0.15, -0.1) is 11.8 Å². The SMILES string of the molecule is Cc1ccc(SCCC2OCCO2)cc1. The first-order chi connectivity index (χ1) is 7.34. The number of benzene rings is 1. The molecular weight excluding hydrogens is 208 g/mol. The van der Waals surface area contributed by atoms with Crippen LogP contribution in [0.3, 0.4) is 0 Å². The zero-order valence-corrected chi connectivity index (χ0v) is 9.76. The van der Waals surface area contributed by atoms with Gasteiger partial charge >= 0.3 is 0 Å². The fourth-order valence-corrected chi connectivity index (χ4v) is 2.36. The van der Waals surface area contributed by atoms with E-state index in [1.165, 1.54) is 10.5 Å². The molecule has 1 fully saturated rings. The maximum atomic E-state index is 5.37. The summed E-state index contributed by atoms with van der Waals surface area (Å²) < 4.78 is 10.7. The summed E-state index contributed by atoms with van der Waals surface area (Å²) in [5, 5.41) is 0. The maximum Gasteiger partial charge on any atom is 0.158 e. The Morgan fingerprint density at radius 2 is 1.87 bits per heavy atom. The van der Waals surface area contributed by atoms with Gasteiger partial charge in [0, 0.05) is 17.1 Å². The Morgan fingerprint density at radius 1 is 1.20 bits per heavy atom. The Bertz CT molecular complexity index is 291. The molecule has 0 radical (unpaired) electrons. The molecule has 0 spiro atoms. The predicted octanol–water partition coefficient (Wildman–Crippen LogP) is 2.85. The minimum Gasteiger partial charge on any atom is -0.350 e. The monoisotopic (exact) mass is 224 g/mol. The summed E-state index contributed by atoms with van der Waals surface area (Å²) in [6.45, 7) is 3.61. The van der Waals surface area contributed by atoms with Gasteiger partial charge in [0.15, 0.2) is 6.29 Å². The molecule has 0 unspecified atom stereocenters. The van der Waals surface area contributed by atoms with Gasteiger partial charge in [0.1, 0.15) is 0 Å². The lowest BCUT2D eigenvalue weighted by Crippen LogP contribution is -2.08. The Balaban J connectivity index is 1.71. The number of hydrogen-bond acceptors (Lipinski definition) is 3. The topological polar surface area (TPSA) is 18.5 Å². The van der Waals surface area contributed by atoms with Crippen LogP contribution in [0.5, 0.6) is 0 Å². The normalized spacial score (nSPS) is 17.1. The van der Waals surface area contributed by atoms with Gasteiger partial charge in [0.05, 0.1) is 13.2 Å². The van der Waals surface area contributed by atoms with Gasteiger partial charge in [0.25, 0.3) is 0 Å². The molecule has 0 bridgehead atoms. The maximum absolute atomic E-state index is 5.37. The van der Waals surface area contributed by atoms with Crippen LogP contribution in [0.25, 0.3) is 0 Å². The summed E-state index contributed by atoms with van der Waals surface area (Å²) in [5.41, 5.74) is 1.31. The average molecular weight is 224 g/mol. The van der Waals surface area contributed by atoms with Crippen molar-refractivity contribution in [2.45, 2.75) is 24.5 Å². The number of hydrogen-bond donors (Lipinski definition) is 0. The lowest BCUT2D eigenvalue weighted by atomic mass is 10.2. The number of ether oxygens (including phenoxy) is 2. The van der Waals surface area contributed by atoms with E-state index in [0.717, 1.165) is 25.4 Å². The molecule has 82 valence electrons. The standard InChI is InChI=1S/C12H16O2S/c1-10-2-4-11(5-3-10)15-9-6-12-13-7-8-14-12/h2-5,12H,6-9H2,1H3. The largest absolute Gasteiger partial charge is 0.350 e. The van der Waals surface area contributed by atoms with Crippen LogP contribution >= 0.6 is 11.8 Å². The van der Waals surface area contributed by atoms with Crippen molar-refractivity contribution in [3.8, 4) is 0 Å². The molecule has 2 nitrogen and oxygen atoms in total. The third-order valence-corrected chi connectivity index (χ3v) is 3.38. The van der Waals surface area contributed by atoms with Crippen LogP contribution in [0.2, 0.25) is 0 Å². The lowest BCUT2D eigenvalue weighted by Gasteiger charge is -2.08. The Kier molecular flexibility index (Phi) is 4.06. The van der Waals surface area contributed by atoms with E-state index in [9.17, 15) is 0 Å². The van der Waals surface area contributed by atoms with Crippen LogP contribution in [0.15, 0.2) is 29.2 Å². The minimum absolute atomic E-state index is 0.0305. The second kappa shape index (κ2) is 5.54. The van der Waals surface area contributed by atoms with Crippen LogP contribution in [0.1, 0.15) is 12.0 Å². The van der Waals surface area contributed by atoms with E-state index < -0.39 is 0 Å². The van der Waals surface area contributed by atoms with Crippen LogP contribution in [0, 0.1) is 6.92 Å². The van der Waals surface area contributed by atoms with Crippen LogP contribution in [-0.2, 0) is 9.47 Å². The summed E-state index contributed by atoms with van der Waals surface area (Å²) in [7, 11) is 0. The Labute approximate surface area is 95.0 Å². The zero-order chi connectivity index (χ0) is 10.5. The van der Waals surface area contributed by atoms with Crippen LogP contribution in [-0.4, -0.2) is 25.3 Å². The lowest BCUT2D eigenvalue weighted by molar-refractivity contribution is -0.0421. The molecule has 1 aliphatic rings. The van der Waals surface area contributed by atoms with Crippen molar-refractivity contribution >= 4 is 11.8 Å². The highest BCUT2D eigenvalue weighted by Crippen LogP contribution is 2.21. The molecule has 0 amide bonds. The van der Waals surface area contributed by atoms with E-state index >= 15 is 0 Å². The van der Waals surface area contributed by atoms with Crippen LogP contribution in [0.4, 0.5) is 0 Å². The second-order valence-corrected chi connectivity index (χ2v) is 4.79. The first kappa shape index (κ1) is 11.0. The Hall–Kier alpha value is -0.510. The summed E-state index contributed by atoms with van der Waals surface area (Å²) in [5.74, 6) is 1.05. The van der Waals surface area contributed by atoms with Crippen molar-refractivity contribution in [3.05, 3.63) is 29.8 Å². The molecule has 0 atom stereocenters. The van der Waals surface area contributed by atoms with Crippen molar-refractivity contribution < 1.29 is 9.47 Å². The summed E-state index contributed by atoms with van der Waals surface area (Å²) in [6.07, 6.45) is 1.00. The molecule has 1 aromatic carbocycles. The quantitative estimate of drug-likeness (QED) is 0.733. The van der Waals surface area contributed by atoms with Crippen molar-refractivity contribution in [1.82, 2.24) is 0 Å². The Morgan fingerprint density at radius 3 is 2.53 bits per heavy atom. The van der Waals surface area contributed by atoms with Gasteiger partial charge in [0.2, 0.25) is 0 Å². The van der Waals surface area contributed by atoms with E-state index in [1.807, 2.05) is 11.8 Å². The average Bonchev–Trinajstić information content (AvgIpc) is 2.74. The highest BCUT2D eigenvalue weighted by atomic mass is 32.2. The number of thioether (sulfide) groups is 1. The van der Waals surface area contributed by atoms with Crippen LogP contribution < -0.4 is 0 Å². The molecule has 0 aliphatic carbocycles. The summed E-state index contributed by atoms with van der Waals surface area (Å²) in [6, 6.07) is 8.61. The first-order valence-electron chi connectivity index (χ1n) is 5.27. The molecular formula is C12H16O2S. The first-order valence-corrected chi connectivity index (χ1v) is 6.26. The smallest absolute Gasteiger partial charge is 0.158 e. The van der Waals surface area contributed by atoms with Crippen molar-refractivity contribution in [1.29, 1.82) is 0 Å². The predicted molar refractivity (Wildman–Crippen MR) is 62.2 cm³/mol. The highest BCUT2D eigenvalue weighted by Gasteiger charge is 2.14. The fourth-order valence-electron chi connectivity index (χ4n) is 1.48. The van der Waals surface area contributed by atoms with E-state index in [-0.39, 0.29) is 6.29 Å². The van der Waals surface area contributed by atoms with Gasteiger partial charge in [-0.1, -0.05) is 17.7 Å². The molecule has 15 heavy (non-hydrogen) atoms. The minimum atomic E-state index is 0.0305.